The molecule has 0 saturated carbocycles. The smallest absolute Gasteiger partial charge is 0.227 e. The minimum atomic E-state index is -0.369. The predicted molar refractivity (Wildman–Crippen MR) is 84.0 cm³/mol. The van der Waals surface area contributed by atoms with Crippen molar-refractivity contribution in [3.05, 3.63) is 58.9 Å². The van der Waals surface area contributed by atoms with Crippen LogP contribution < -0.4 is 9.64 Å². The first-order valence-electron chi connectivity index (χ1n) is 7.10. The number of ether oxygens (including phenoxy) is 1. The number of carbonyl (C=O) groups excluding carboxylic acids is 1. The molecule has 2 aromatic rings. The van der Waals surface area contributed by atoms with E-state index in [9.17, 15) is 9.18 Å². The number of fused-ring (bicyclic) bond motifs is 1. The second kappa shape index (κ2) is 6.36. The minimum Gasteiger partial charge on any atom is -0.489 e. The van der Waals surface area contributed by atoms with Crippen LogP contribution in [0.5, 0.6) is 5.75 Å². The number of rotatable bonds is 3. The average Bonchev–Trinajstić information content (AvgIpc) is 2.52. The Morgan fingerprint density at radius 3 is 2.95 bits per heavy atom. The zero-order valence-electron chi connectivity index (χ0n) is 11.9. The molecule has 0 aliphatic carbocycles. The van der Waals surface area contributed by atoms with Gasteiger partial charge in [-0.1, -0.05) is 23.7 Å². The van der Waals surface area contributed by atoms with Crippen molar-refractivity contribution in [2.45, 2.75) is 12.8 Å². The Hall–Kier alpha value is -2.07. The van der Waals surface area contributed by atoms with Gasteiger partial charge in [-0.05, 0) is 36.2 Å². The van der Waals surface area contributed by atoms with E-state index >= 15 is 0 Å². The minimum absolute atomic E-state index is 0.00358. The Kier molecular flexibility index (Phi) is 4.29. The molecule has 1 aliphatic rings. The molecule has 0 unspecified atom stereocenters. The van der Waals surface area contributed by atoms with Crippen molar-refractivity contribution in [1.29, 1.82) is 0 Å². The van der Waals surface area contributed by atoms with E-state index in [1.165, 1.54) is 12.1 Å². The zero-order valence-corrected chi connectivity index (χ0v) is 12.6. The fourth-order valence-electron chi connectivity index (χ4n) is 2.53. The molecule has 22 heavy (non-hydrogen) atoms. The van der Waals surface area contributed by atoms with Crippen molar-refractivity contribution in [2.24, 2.45) is 0 Å². The number of amides is 1. The highest BCUT2D eigenvalue weighted by molar-refractivity contribution is 6.30. The Morgan fingerprint density at radius 2 is 2.14 bits per heavy atom. The van der Waals surface area contributed by atoms with Gasteiger partial charge in [0.15, 0.2) is 0 Å². The zero-order chi connectivity index (χ0) is 15.5. The van der Waals surface area contributed by atoms with Crippen LogP contribution in [0.15, 0.2) is 42.5 Å². The van der Waals surface area contributed by atoms with Crippen LogP contribution in [-0.2, 0) is 11.2 Å². The summed E-state index contributed by atoms with van der Waals surface area (Å²) >= 11 is 5.94. The Bertz CT molecular complexity index is 705. The van der Waals surface area contributed by atoms with Gasteiger partial charge in [-0.15, -0.1) is 0 Å². The molecule has 0 spiro atoms. The fraction of sp³-hybridized carbons (Fsp3) is 0.235. The van der Waals surface area contributed by atoms with E-state index in [0.717, 1.165) is 5.56 Å². The summed E-state index contributed by atoms with van der Waals surface area (Å²) in [6.07, 6.45) is 0.991. The van der Waals surface area contributed by atoms with Crippen LogP contribution in [0.3, 0.4) is 0 Å². The summed E-state index contributed by atoms with van der Waals surface area (Å²) < 4.78 is 18.6. The van der Waals surface area contributed by atoms with Crippen molar-refractivity contribution in [3.8, 4) is 5.75 Å². The van der Waals surface area contributed by atoms with Gasteiger partial charge in [0.25, 0.3) is 0 Å². The van der Waals surface area contributed by atoms with Crippen LogP contribution in [-0.4, -0.2) is 19.1 Å². The molecular formula is C17H15ClFNO2. The topological polar surface area (TPSA) is 29.5 Å². The number of hydrogen-bond acceptors (Lipinski definition) is 2. The van der Waals surface area contributed by atoms with Crippen molar-refractivity contribution in [1.82, 2.24) is 0 Å². The van der Waals surface area contributed by atoms with Crippen molar-refractivity contribution < 1.29 is 13.9 Å². The van der Waals surface area contributed by atoms with Gasteiger partial charge >= 0.3 is 0 Å². The van der Waals surface area contributed by atoms with Crippen molar-refractivity contribution >= 4 is 23.2 Å². The first kappa shape index (κ1) is 14.9. The lowest BCUT2D eigenvalue weighted by Crippen LogP contribution is -2.38. The first-order valence-corrected chi connectivity index (χ1v) is 7.48. The number of halogens is 2. The number of anilines is 1. The molecule has 2 aromatic carbocycles. The number of nitrogens with zero attached hydrogens (tertiary/aromatic N) is 1. The van der Waals surface area contributed by atoms with Crippen LogP contribution in [0, 0.1) is 5.82 Å². The summed E-state index contributed by atoms with van der Waals surface area (Å²) in [7, 11) is 0. The summed E-state index contributed by atoms with van der Waals surface area (Å²) in [4.78, 5) is 14.1. The summed E-state index contributed by atoms with van der Waals surface area (Å²) in [6, 6.07) is 11.7. The van der Waals surface area contributed by atoms with Gasteiger partial charge in [0.1, 0.15) is 18.2 Å². The van der Waals surface area contributed by atoms with Gasteiger partial charge in [-0.2, -0.15) is 0 Å². The van der Waals surface area contributed by atoms with Gasteiger partial charge < -0.3 is 9.64 Å². The monoisotopic (exact) mass is 319 g/mol. The molecular weight excluding hydrogens is 305 g/mol. The highest BCUT2D eigenvalue weighted by Gasteiger charge is 2.23. The van der Waals surface area contributed by atoms with E-state index < -0.39 is 0 Å². The van der Waals surface area contributed by atoms with Crippen LogP contribution in [0.2, 0.25) is 5.02 Å². The molecule has 1 heterocycles. The van der Waals surface area contributed by atoms with E-state index in [1.807, 2.05) is 18.2 Å². The summed E-state index contributed by atoms with van der Waals surface area (Å²) in [5, 5.41) is 0.664. The molecule has 0 atom stereocenters. The first-order chi connectivity index (χ1) is 10.6. The van der Waals surface area contributed by atoms with Crippen molar-refractivity contribution in [2.75, 3.05) is 18.1 Å². The highest BCUT2D eigenvalue weighted by Crippen LogP contribution is 2.32. The number of aryl methyl sites for hydroxylation is 1. The second-order valence-corrected chi connectivity index (χ2v) is 5.57. The molecule has 0 saturated heterocycles. The highest BCUT2D eigenvalue weighted by atomic mass is 35.5. The lowest BCUT2D eigenvalue weighted by molar-refractivity contribution is -0.118. The molecule has 0 fully saturated rings. The molecule has 3 rings (SSSR count). The van der Waals surface area contributed by atoms with Gasteiger partial charge in [0.2, 0.25) is 5.91 Å². The lowest BCUT2D eigenvalue weighted by Gasteiger charge is -2.29. The largest absolute Gasteiger partial charge is 0.489 e. The van der Waals surface area contributed by atoms with E-state index in [0.29, 0.717) is 42.5 Å². The molecule has 0 aromatic heterocycles. The third-order valence-corrected chi connectivity index (χ3v) is 3.84. The number of benzene rings is 2. The number of hydrogen-bond donors (Lipinski definition) is 0. The standard InChI is InChI=1S/C17H15ClFNO2/c18-13-3-1-2-12(10-13)4-7-17(21)20-8-9-22-16-11-14(19)5-6-15(16)20/h1-3,5-6,10-11H,4,7-9H2. The molecule has 0 N–H and O–H groups in total. The fourth-order valence-corrected chi connectivity index (χ4v) is 2.74. The maximum atomic E-state index is 13.2. The molecule has 5 heteroatoms. The van der Waals surface area contributed by atoms with E-state index in [1.54, 1.807) is 17.0 Å². The maximum Gasteiger partial charge on any atom is 0.227 e. The van der Waals surface area contributed by atoms with Crippen LogP contribution >= 0.6 is 11.6 Å². The molecule has 1 aliphatic heterocycles. The molecule has 114 valence electrons. The second-order valence-electron chi connectivity index (χ2n) is 5.14. The average molecular weight is 320 g/mol. The Balaban J connectivity index is 1.71. The van der Waals surface area contributed by atoms with E-state index in [-0.39, 0.29) is 11.7 Å². The molecule has 0 radical (unpaired) electrons. The van der Waals surface area contributed by atoms with Gasteiger partial charge in [-0.3, -0.25) is 4.79 Å². The van der Waals surface area contributed by atoms with Crippen LogP contribution in [0.25, 0.3) is 0 Å². The maximum absolute atomic E-state index is 13.2. The lowest BCUT2D eigenvalue weighted by atomic mass is 10.1. The number of carbonyl (C=O) groups is 1. The molecule has 3 nitrogen and oxygen atoms in total. The Labute approximate surface area is 133 Å². The van der Waals surface area contributed by atoms with Crippen molar-refractivity contribution in [3.63, 3.8) is 0 Å². The molecule has 1 amide bonds. The summed E-state index contributed by atoms with van der Waals surface area (Å²) in [5.41, 5.74) is 1.65. The van der Waals surface area contributed by atoms with E-state index in [4.69, 9.17) is 16.3 Å². The quantitative estimate of drug-likeness (QED) is 0.860. The van der Waals surface area contributed by atoms with Gasteiger partial charge in [0.05, 0.1) is 12.2 Å². The molecule has 0 bridgehead atoms. The normalized spacial score (nSPS) is 13.5. The summed E-state index contributed by atoms with van der Waals surface area (Å²) in [5.74, 6) is 0.0467. The van der Waals surface area contributed by atoms with Crippen LogP contribution in [0.1, 0.15) is 12.0 Å². The predicted octanol–water partition coefficient (Wildman–Crippen LogP) is 3.84. The summed E-state index contributed by atoms with van der Waals surface area (Å²) in [6.45, 7) is 0.854. The Morgan fingerprint density at radius 1 is 1.27 bits per heavy atom. The van der Waals surface area contributed by atoms with E-state index in [2.05, 4.69) is 0 Å². The van der Waals surface area contributed by atoms with Crippen LogP contribution in [0.4, 0.5) is 10.1 Å². The third kappa shape index (κ3) is 3.22. The van der Waals surface area contributed by atoms with Gasteiger partial charge in [0, 0.05) is 17.5 Å². The SMILES string of the molecule is O=C(CCc1cccc(Cl)c1)N1CCOc2cc(F)ccc21. The van der Waals surface area contributed by atoms with Gasteiger partial charge in [-0.25, -0.2) is 4.39 Å². The third-order valence-electron chi connectivity index (χ3n) is 3.60.